The molecule has 19 heavy (non-hydrogen) atoms. The first-order valence-corrected chi connectivity index (χ1v) is 7.07. The van der Waals surface area contributed by atoms with Gasteiger partial charge >= 0.3 is 0 Å². The molecule has 0 bridgehead atoms. The van der Waals surface area contributed by atoms with Crippen molar-refractivity contribution in [3.8, 4) is 0 Å². The number of nitrogens with zero attached hydrogens (tertiary/aromatic N) is 4. The third-order valence-corrected chi connectivity index (χ3v) is 4.02. The van der Waals surface area contributed by atoms with Crippen LogP contribution >= 0.6 is 11.3 Å². The lowest BCUT2D eigenvalue weighted by Gasteiger charge is -2.05. The van der Waals surface area contributed by atoms with Crippen LogP contribution in [-0.4, -0.2) is 19.7 Å². The molecule has 5 nitrogen and oxygen atoms in total. The van der Waals surface area contributed by atoms with Crippen LogP contribution < -0.4 is 5.32 Å². The maximum absolute atomic E-state index is 4.50. The maximum Gasteiger partial charge on any atom is 0.152 e. The standard InChI is InChI=1S/C13H15N5S/c1-4-18-6-10(5-14-18)17-13-12-11(8(2)7-19-12)15-9(3)16-13/h5-7H,4H2,1-3H3,(H,15,16,17). The van der Waals surface area contributed by atoms with E-state index >= 15 is 0 Å². The van der Waals surface area contributed by atoms with E-state index in [4.69, 9.17) is 0 Å². The Kier molecular flexibility index (Phi) is 2.94. The lowest BCUT2D eigenvalue weighted by molar-refractivity contribution is 0.660. The van der Waals surface area contributed by atoms with Gasteiger partial charge in [0.25, 0.3) is 0 Å². The van der Waals surface area contributed by atoms with Crippen LogP contribution in [-0.2, 0) is 6.54 Å². The molecule has 3 aromatic rings. The van der Waals surface area contributed by atoms with Crippen molar-refractivity contribution in [3.05, 3.63) is 29.2 Å². The van der Waals surface area contributed by atoms with Gasteiger partial charge in [-0.25, -0.2) is 9.97 Å². The molecule has 0 saturated heterocycles. The lowest BCUT2D eigenvalue weighted by Crippen LogP contribution is -1.97. The van der Waals surface area contributed by atoms with Gasteiger partial charge in [0.15, 0.2) is 5.82 Å². The van der Waals surface area contributed by atoms with Crippen LogP contribution in [0.5, 0.6) is 0 Å². The molecular weight excluding hydrogens is 258 g/mol. The molecule has 0 aliphatic rings. The summed E-state index contributed by atoms with van der Waals surface area (Å²) in [6, 6.07) is 0. The van der Waals surface area contributed by atoms with Gasteiger partial charge in [-0.15, -0.1) is 11.3 Å². The third kappa shape index (κ3) is 2.19. The first kappa shape index (κ1) is 12.1. The topological polar surface area (TPSA) is 55.6 Å². The van der Waals surface area contributed by atoms with Gasteiger partial charge in [-0.1, -0.05) is 0 Å². The van der Waals surface area contributed by atoms with E-state index in [0.717, 1.165) is 34.1 Å². The molecule has 1 N–H and O–H groups in total. The van der Waals surface area contributed by atoms with Crippen LogP contribution in [0.15, 0.2) is 17.8 Å². The molecule has 98 valence electrons. The Morgan fingerprint density at radius 3 is 2.89 bits per heavy atom. The van der Waals surface area contributed by atoms with Crippen molar-refractivity contribution in [1.82, 2.24) is 19.7 Å². The Balaban J connectivity index is 2.04. The highest BCUT2D eigenvalue weighted by Crippen LogP contribution is 2.30. The molecule has 0 radical (unpaired) electrons. The summed E-state index contributed by atoms with van der Waals surface area (Å²) >= 11 is 1.67. The average molecular weight is 273 g/mol. The van der Waals surface area contributed by atoms with E-state index in [1.165, 1.54) is 5.56 Å². The van der Waals surface area contributed by atoms with Crippen LogP contribution in [0.4, 0.5) is 11.5 Å². The number of aryl methyl sites for hydroxylation is 3. The highest BCUT2D eigenvalue weighted by atomic mass is 32.1. The Bertz CT molecular complexity index is 728. The number of hydrogen-bond acceptors (Lipinski definition) is 5. The van der Waals surface area contributed by atoms with Gasteiger partial charge in [0.05, 0.1) is 22.1 Å². The van der Waals surface area contributed by atoms with Gasteiger partial charge in [0.2, 0.25) is 0 Å². The Morgan fingerprint density at radius 1 is 1.32 bits per heavy atom. The smallest absolute Gasteiger partial charge is 0.152 e. The minimum Gasteiger partial charge on any atom is -0.336 e. The minimum absolute atomic E-state index is 0.777. The highest BCUT2D eigenvalue weighted by Gasteiger charge is 2.10. The summed E-state index contributed by atoms with van der Waals surface area (Å²) in [5, 5.41) is 9.70. The Labute approximate surface area is 115 Å². The van der Waals surface area contributed by atoms with Crippen LogP contribution in [0.3, 0.4) is 0 Å². The van der Waals surface area contributed by atoms with E-state index < -0.39 is 0 Å². The molecule has 0 aliphatic heterocycles. The molecule has 0 aromatic carbocycles. The van der Waals surface area contributed by atoms with Gasteiger partial charge in [-0.3, -0.25) is 4.68 Å². The summed E-state index contributed by atoms with van der Waals surface area (Å²) in [5.74, 6) is 1.63. The van der Waals surface area contributed by atoms with E-state index in [9.17, 15) is 0 Å². The zero-order chi connectivity index (χ0) is 13.4. The number of nitrogens with one attached hydrogen (secondary N) is 1. The van der Waals surface area contributed by atoms with Crippen LogP contribution in [0, 0.1) is 13.8 Å². The molecule has 6 heteroatoms. The maximum atomic E-state index is 4.50. The molecule has 0 unspecified atom stereocenters. The highest BCUT2D eigenvalue weighted by molar-refractivity contribution is 7.18. The fourth-order valence-corrected chi connectivity index (χ4v) is 2.90. The summed E-state index contributed by atoms with van der Waals surface area (Å²) in [6.45, 7) is 6.91. The van der Waals surface area contributed by atoms with Gasteiger partial charge in [0, 0.05) is 12.7 Å². The van der Waals surface area contributed by atoms with Gasteiger partial charge in [-0.2, -0.15) is 5.10 Å². The number of rotatable bonds is 3. The predicted molar refractivity (Wildman–Crippen MR) is 78.1 cm³/mol. The fourth-order valence-electron chi connectivity index (χ4n) is 1.97. The zero-order valence-corrected chi connectivity index (χ0v) is 12.0. The van der Waals surface area contributed by atoms with E-state index in [1.54, 1.807) is 11.3 Å². The Hall–Kier alpha value is -1.95. The largest absolute Gasteiger partial charge is 0.336 e. The molecule has 0 amide bonds. The molecule has 0 atom stereocenters. The van der Waals surface area contributed by atoms with Crippen molar-refractivity contribution in [3.63, 3.8) is 0 Å². The molecule has 3 rings (SSSR count). The van der Waals surface area contributed by atoms with Crippen molar-refractivity contribution >= 4 is 33.1 Å². The number of thiophene rings is 1. The second-order valence-corrected chi connectivity index (χ2v) is 5.31. The van der Waals surface area contributed by atoms with Gasteiger partial charge < -0.3 is 5.32 Å². The quantitative estimate of drug-likeness (QED) is 0.795. The predicted octanol–water partition coefficient (Wildman–Crippen LogP) is 3.27. The first-order chi connectivity index (χ1) is 9.17. The fraction of sp³-hybridized carbons (Fsp3) is 0.308. The molecule has 3 heterocycles. The summed E-state index contributed by atoms with van der Waals surface area (Å²) in [6.07, 6.45) is 3.79. The molecule has 3 aromatic heterocycles. The molecule has 0 saturated carbocycles. The number of aromatic nitrogens is 4. The normalized spacial score (nSPS) is 11.1. The number of fused-ring (bicyclic) bond motifs is 1. The number of hydrogen-bond donors (Lipinski definition) is 1. The van der Waals surface area contributed by atoms with Gasteiger partial charge in [0.1, 0.15) is 5.82 Å². The van der Waals surface area contributed by atoms with Crippen molar-refractivity contribution in [1.29, 1.82) is 0 Å². The second-order valence-electron chi connectivity index (χ2n) is 4.43. The van der Waals surface area contributed by atoms with Gasteiger partial charge in [-0.05, 0) is 31.7 Å². The first-order valence-electron chi connectivity index (χ1n) is 6.19. The molecule has 0 spiro atoms. The van der Waals surface area contributed by atoms with E-state index in [2.05, 4.69) is 39.6 Å². The van der Waals surface area contributed by atoms with Crippen LogP contribution in [0.1, 0.15) is 18.3 Å². The molecule has 0 fully saturated rings. The van der Waals surface area contributed by atoms with E-state index in [-0.39, 0.29) is 0 Å². The molecule has 0 aliphatic carbocycles. The van der Waals surface area contributed by atoms with E-state index in [1.807, 2.05) is 24.0 Å². The van der Waals surface area contributed by atoms with E-state index in [0.29, 0.717) is 0 Å². The number of anilines is 2. The summed E-state index contributed by atoms with van der Waals surface area (Å²) in [5.41, 5.74) is 3.17. The average Bonchev–Trinajstić information content (AvgIpc) is 2.97. The molecular formula is C13H15N5S. The van der Waals surface area contributed by atoms with Crippen molar-refractivity contribution in [2.24, 2.45) is 0 Å². The van der Waals surface area contributed by atoms with Crippen LogP contribution in [0.2, 0.25) is 0 Å². The minimum atomic E-state index is 0.777. The summed E-state index contributed by atoms with van der Waals surface area (Å²) in [4.78, 5) is 8.99. The summed E-state index contributed by atoms with van der Waals surface area (Å²) in [7, 11) is 0. The Morgan fingerprint density at radius 2 is 2.16 bits per heavy atom. The lowest BCUT2D eigenvalue weighted by atomic mass is 10.3. The van der Waals surface area contributed by atoms with Crippen molar-refractivity contribution in [2.75, 3.05) is 5.32 Å². The monoisotopic (exact) mass is 273 g/mol. The van der Waals surface area contributed by atoms with Crippen LogP contribution in [0.25, 0.3) is 10.2 Å². The summed E-state index contributed by atoms with van der Waals surface area (Å²) < 4.78 is 2.97. The van der Waals surface area contributed by atoms with Crippen molar-refractivity contribution < 1.29 is 0 Å². The SMILES string of the molecule is CCn1cc(Nc2nc(C)nc3c(C)csc23)cn1. The zero-order valence-electron chi connectivity index (χ0n) is 11.1. The third-order valence-electron chi connectivity index (χ3n) is 2.92. The van der Waals surface area contributed by atoms with Crippen molar-refractivity contribution in [2.45, 2.75) is 27.3 Å². The second kappa shape index (κ2) is 4.62.